The maximum absolute atomic E-state index is 14.6. The van der Waals surface area contributed by atoms with Crippen LogP contribution in [-0.4, -0.2) is 69.4 Å². The molecule has 7 aromatic rings. The largest absolute Gasteiger partial charge is 0.461 e. The highest BCUT2D eigenvalue weighted by Crippen LogP contribution is 2.29. The number of rotatable bonds is 24. The maximum Gasteiger partial charge on any atom is 0.329 e. The molecule has 0 aliphatic carbocycles. The van der Waals surface area contributed by atoms with Gasteiger partial charge in [-0.2, -0.15) is 0 Å². The first-order valence-corrected chi connectivity index (χ1v) is 28.7. The maximum atomic E-state index is 14.6. The number of hydrogen-bond donors (Lipinski definition) is 0. The van der Waals surface area contributed by atoms with Gasteiger partial charge in [-0.15, -0.1) is 0 Å². The molecule has 0 saturated carbocycles. The van der Waals surface area contributed by atoms with Gasteiger partial charge in [0.05, 0.1) is 0 Å². The lowest BCUT2D eigenvalue weighted by atomic mass is 9.92. The molecule has 9 rings (SSSR count). The van der Waals surface area contributed by atoms with Crippen LogP contribution in [0.25, 0.3) is 0 Å². The normalized spacial score (nSPS) is 14.5. The molecule has 80 heavy (non-hydrogen) atoms. The molecule has 0 bridgehead atoms. The van der Waals surface area contributed by atoms with E-state index in [1.807, 2.05) is 135 Å². The van der Waals surface area contributed by atoms with Gasteiger partial charge < -0.3 is 19.3 Å². The lowest BCUT2D eigenvalue weighted by Gasteiger charge is -2.36. The third kappa shape index (κ3) is 16.0. The van der Waals surface area contributed by atoms with Crippen molar-refractivity contribution in [2.24, 2.45) is 0 Å². The van der Waals surface area contributed by atoms with Crippen LogP contribution in [0.3, 0.4) is 0 Å². The first-order valence-electron chi connectivity index (χ1n) is 28.7. The van der Waals surface area contributed by atoms with E-state index in [0.29, 0.717) is 25.7 Å². The van der Waals surface area contributed by atoms with Gasteiger partial charge in [0.1, 0.15) is 24.3 Å². The minimum atomic E-state index is -1.08. The van der Waals surface area contributed by atoms with Crippen LogP contribution in [0, 0.1) is 0 Å². The van der Waals surface area contributed by atoms with E-state index in [0.717, 1.165) is 73.6 Å². The predicted octanol–water partition coefficient (Wildman–Crippen LogP) is 12.9. The van der Waals surface area contributed by atoms with E-state index in [-0.39, 0.29) is 37.1 Å². The van der Waals surface area contributed by atoms with Crippen molar-refractivity contribution >= 4 is 35.3 Å². The number of amides is 2. The van der Waals surface area contributed by atoms with Gasteiger partial charge in [0, 0.05) is 37.1 Å². The number of carbonyl (C=O) groups excluding carboxylic acids is 6. The smallest absolute Gasteiger partial charge is 0.329 e. The standard InChI is InChI=1S/C68H68N2O8.C2H6/c71-63(65(73)69-47-57-36-15-13-34-53(57)45-61(69)67(75)77-59(40-17-30-49-22-5-1-6-23-49)41-18-31-50-24-7-2-8-25-50)55-38-21-39-56(44-55)64(72)66(74)70-48-58-37-16-14-35-54(58)46-62(70)68(76)78-60(42-19-32-51-26-9-3-10-27-51)43-20-33-52-28-11-4-12-29-52;1-2/h1-16,21-29,34-39,44,59-62H,17-20,30-33,40-43,45-48H2;1-2H3/t61-,62-;/m0./s1. The Bertz CT molecular complexity index is 2850. The molecule has 0 saturated heterocycles. The topological polar surface area (TPSA) is 127 Å². The fourth-order valence-electron chi connectivity index (χ4n) is 10.9. The number of fused-ring (bicyclic) bond motifs is 2. The van der Waals surface area contributed by atoms with Crippen molar-refractivity contribution in [2.45, 2.75) is 141 Å². The average molecular weight is 1070 g/mol. The summed E-state index contributed by atoms with van der Waals surface area (Å²) in [4.78, 5) is 89.6. The summed E-state index contributed by atoms with van der Waals surface area (Å²) in [6.45, 7) is 4.00. The summed E-state index contributed by atoms with van der Waals surface area (Å²) in [7, 11) is 0. The molecule has 7 aromatic carbocycles. The molecule has 2 aliphatic rings. The van der Waals surface area contributed by atoms with Crippen molar-refractivity contribution < 1.29 is 38.2 Å². The first kappa shape index (κ1) is 57.9. The highest BCUT2D eigenvalue weighted by molar-refractivity contribution is 6.45. The summed E-state index contributed by atoms with van der Waals surface area (Å²) in [6, 6.07) is 59.2. The van der Waals surface area contributed by atoms with Crippen LogP contribution in [0.4, 0.5) is 0 Å². The van der Waals surface area contributed by atoms with Crippen molar-refractivity contribution in [3.63, 3.8) is 0 Å². The molecule has 2 atom stereocenters. The summed E-state index contributed by atoms with van der Waals surface area (Å²) in [5.41, 5.74) is 7.95. The summed E-state index contributed by atoms with van der Waals surface area (Å²) < 4.78 is 12.7. The second-order valence-electron chi connectivity index (χ2n) is 20.7. The Hall–Kier alpha value is -8.24. The van der Waals surface area contributed by atoms with Gasteiger partial charge in [-0.25, -0.2) is 9.59 Å². The van der Waals surface area contributed by atoms with Crippen LogP contribution in [0.2, 0.25) is 0 Å². The summed E-state index contributed by atoms with van der Waals surface area (Å²) in [5.74, 6) is -4.88. The number of benzene rings is 7. The molecule has 10 heteroatoms. The Morgan fingerprint density at radius 1 is 0.388 bits per heavy atom. The highest BCUT2D eigenvalue weighted by atomic mass is 16.5. The number of carbonyl (C=O) groups is 6. The fraction of sp³-hybridized carbons (Fsp3) is 0.314. The predicted molar refractivity (Wildman–Crippen MR) is 313 cm³/mol. The Balaban J connectivity index is 0.00000416. The second kappa shape index (κ2) is 29.7. The molecule has 2 heterocycles. The summed E-state index contributed by atoms with van der Waals surface area (Å²) in [6.07, 6.45) is 8.45. The lowest BCUT2D eigenvalue weighted by molar-refractivity contribution is -0.160. The molecule has 0 N–H and O–H groups in total. The summed E-state index contributed by atoms with van der Waals surface area (Å²) in [5, 5.41) is 0. The van der Waals surface area contributed by atoms with Crippen LogP contribution < -0.4 is 0 Å². The Labute approximate surface area is 472 Å². The van der Waals surface area contributed by atoms with Gasteiger partial charge in [0.2, 0.25) is 11.6 Å². The highest BCUT2D eigenvalue weighted by Gasteiger charge is 2.41. The van der Waals surface area contributed by atoms with Crippen LogP contribution in [0.1, 0.15) is 130 Å². The van der Waals surface area contributed by atoms with Crippen LogP contribution in [0.15, 0.2) is 194 Å². The molecule has 0 aromatic heterocycles. The Kier molecular flexibility index (Phi) is 21.5. The molecular formula is C70H74N2O8. The Morgan fingerprint density at radius 3 is 0.988 bits per heavy atom. The van der Waals surface area contributed by atoms with E-state index in [9.17, 15) is 28.8 Å². The van der Waals surface area contributed by atoms with E-state index >= 15 is 0 Å². The number of Topliss-reactive ketones (excluding diaryl/α,β-unsaturated/α-hetero) is 2. The zero-order chi connectivity index (χ0) is 56.1. The van der Waals surface area contributed by atoms with Crippen molar-refractivity contribution in [1.82, 2.24) is 9.80 Å². The average Bonchev–Trinajstić information content (AvgIpc) is 3.53. The zero-order valence-corrected chi connectivity index (χ0v) is 46.3. The molecule has 2 amide bonds. The quantitative estimate of drug-likeness (QED) is 0.0333. The number of hydrogen-bond acceptors (Lipinski definition) is 8. The second-order valence-corrected chi connectivity index (χ2v) is 20.7. The first-order chi connectivity index (χ1) is 39.2. The van der Waals surface area contributed by atoms with Crippen LogP contribution >= 0.6 is 0 Å². The molecular weight excluding hydrogens is 997 g/mol. The number of esters is 2. The Morgan fingerprint density at radius 2 is 0.675 bits per heavy atom. The third-order valence-corrected chi connectivity index (χ3v) is 15.2. The van der Waals surface area contributed by atoms with Gasteiger partial charge >= 0.3 is 11.9 Å². The van der Waals surface area contributed by atoms with Crippen molar-refractivity contribution in [1.29, 1.82) is 0 Å². The van der Waals surface area contributed by atoms with Crippen molar-refractivity contribution in [2.75, 3.05) is 0 Å². The van der Waals surface area contributed by atoms with Crippen LogP contribution in [0.5, 0.6) is 0 Å². The van der Waals surface area contributed by atoms with Crippen LogP contribution in [-0.2, 0) is 80.3 Å². The summed E-state index contributed by atoms with van der Waals surface area (Å²) >= 11 is 0. The van der Waals surface area contributed by atoms with Gasteiger partial charge in [0.25, 0.3) is 11.8 Å². The van der Waals surface area contributed by atoms with E-state index in [1.54, 1.807) is 0 Å². The minimum absolute atomic E-state index is 0.000859. The van der Waals surface area contributed by atoms with E-state index in [1.165, 1.54) is 56.3 Å². The van der Waals surface area contributed by atoms with E-state index in [2.05, 4.69) is 48.5 Å². The third-order valence-electron chi connectivity index (χ3n) is 15.2. The molecule has 0 unspecified atom stereocenters. The molecule has 10 nitrogen and oxygen atoms in total. The zero-order valence-electron chi connectivity index (χ0n) is 46.3. The van der Waals surface area contributed by atoms with Gasteiger partial charge in [0.15, 0.2) is 0 Å². The molecule has 0 radical (unpaired) electrons. The number of ketones is 2. The minimum Gasteiger partial charge on any atom is -0.461 e. The van der Waals surface area contributed by atoms with Crippen molar-refractivity contribution in [3.05, 3.63) is 250 Å². The molecule has 0 spiro atoms. The monoisotopic (exact) mass is 1070 g/mol. The van der Waals surface area contributed by atoms with E-state index < -0.39 is 59.6 Å². The molecule has 0 fully saturated rings. The number of nitrogens with zero attached hydrogens (tertiary/aromatic N) is 2. The van der Waals surface area contributed by atoms with Gasteiger partial charge in [-0.05, 0) is 128 Å². The van der Waals surface area contributed by atoms with Crippen molar-refractivity contribution in [3.8, 4) is 0 Å². The number of ether oxygens (including phenoxy) is 2. The van der Waals surface area contributed by atoms with E-state index in [4.69, 9.17) is 9.47 Å². The van der Waals surface area contributed by atoms with Gasteiger partial charge in [-0.3, -0.25) is 19.2 Å². The van der Waals surface area contributed by atoms with Gasteiger partial charge in [-0.1, -0.05) is 202 Å². The fourth-order valence-corrected chi connectivity index (χ4v) is 10.9. The number of aryl methyl sites for hydroxylation is 4. The SMILES string of the molecule is CC.O=C(C(=O)N1Cc2ccccc2C[C@H]1C(=O)OC(CCCc1ccccc1)CCCc1ccccc1)c1cccc(C(=O)C(=O)N2Cc3ccccc3C[C@H]2C(=O)OC(CCCc2ccccc2)CCCc2ccccc2)c1. The molecule has 2 aliphatic heterocycles. The molecule has 412 valence electrons. The lowest BCUT2D eigenvalue weighted by Crippen LogP contribution is -2.52.